The van der Waals surface area contributed by atoms with Crippen molar-refractivity contribution in [3.8, 4) is 0 Å². The molecule has 1 fully saturated rings. The molecule has 18 heavy (non-hydrogen) atoms. The van der Waals surface area contributed by atoms with Crippen LogP contribution in [0, 0.1) is 11.3 Å². The maximum Gasteiger partial charge on any atom is 0.306 e. The molecule has 0 radical (unpaired) electrons. The number of esters is 1. The molecular formula is C14H28N2O2. The van der Waals surface area contributed by atoms with Gasteiger partial charge in [0.1, 0.15) is 0 Å². The number of methoxy groups -OCH3 is 1. The summed E-state index contributed by atoms with van der Waals surface area (Å²) in [5.41, 5.74) is 0.352. The third kappa shape index (κ3) is 5.36. The normalized spacial score (nSPS) is 23.9. The maximum atomic E-state index is 11.3. The molecule has 0 aromatic carbocycles. The van der Waals surface area contributed by atoms with E-state index >= 15 is 0 Å². The third-order valence-electron chi connectivity index (χ3n) is 3.55. The molecule has 0 aromatic rings. The van der Waals surface area contributed by atoms with Gasteiger partial charge < -0.3 is 15.0 Å². The SMILES string of the molecule is COC(=O)CCN(CC(C)C)CC1(C)CCNC1. The Kier molecular flexibility index (Phi) is 6.09. The van der Waals surface area contributed by atoms with Gasteiger partial charge in [-0.2, -0.15) is 0 Å². The second kappa shape index (κ2) is 7.10. The van der Waals surface area contributed by atoms with Crippen molar-refractivity contribution >= 4 is 5.97 Å². The van der Waals surface area contributed by atoms with Crippen LogP contribution in [-0.4, -0.2) is 50.7 Å². The number of carbonyl (C=O) groups is 1. The number of hydrogen-bond acceptors (Lipinski definition) is 4. The molecule has 1 saturated heterocycles. The van der Waals surface area contributed by atoms with Gasteiger partial charge in [0, 0.05) is 26.2 Å². The highest BCUT2D eigenvalue weighted by Crippen LogP contribution is 2.26. The Hall–Kier alpha value is -0.610. The zero-order chi connectivity index (χ0) is 13.6. The molecular weight excluding hydrogens is 228 g/mol. The molecule has 0 amide bonds. The highest BCUT2D eigenvalue weighted by atomic mass is 16.5. The van der Waals surface area contributed by atoms with Gasteiger partial charge in [0.05, 0.1) is 13.5 Å². The summed E-state index contributed by atoms with van der Waals surface area (Å²) in [5, 5.41) is 3.43. The molecule has 0 aromatic heterocycles. The smallest absolute Gasteiger partial charge is 0.306 e. The van der Waals surface area contributed by atoms with Gasteiger partial charge in [-0.15, -0.1) is 0 Å². The predicted molar refractivity (Wildman–Crippen MR) is 73.5 cm³/mol. The second-order valence-corrected chi connectivity index (χ2v) is 6.19. The molecule has 1 heterocycles. The van der Waals surface area contributed by atoms with Gasteiger partial charge >= 0.3 is 5.97 Å². The fraction of sp³-hybridized carbons (Fsp3) is 0.929. The van der Waals surface area contributed by atoms with Gasteiger partial charge in [-0.3, -0.25) is 4.79 Å². The quantitative estimate of drug-likeness (QED) is 0.701. The van der Waals surface area contributed by atoms with Gasteiger partial charge in [0.2, 0.25) is 0 Å². The van der Waals surface area contributed by atoms with Crippen molar-refractivity contribution in [2.75, 3.05) is 39.8 Å². The zero-order valence-electron chi connectivity index (χ0n) is 12.3. The topological polar surface area (TPSA) is 41.6 Å². The van der Waals surface area contributed by atoms with Crippen LogP contribution in [0.5, 0.6) is 0 Å². The molecule has 1 aliphatic rings. The summed E-state index contributed by atoms with van der Waals surface area (Å²) in [6.07, 6.45) is 1.71. The van der Waals surface area contributed by atoms with Crippen LogP contribution in [-0.2, 0) is 9.53 Å². The molecule has 0 aliphatic carbocycles. The Labute approximate surface area is 111 Å². The van der Waals surface area contributed by atoms with E-state index in [-0.39, 0.29) is 5.97 Å². The van der Waals surface area contributed by atoms with E-state index in [1.807, 2.05) is 0 Å². The first-order valence-electron chi connectivity index (χ1n) is 6.95. The highest BCUT2D eigenvalue weighted by molar-refractivity contribution is 5.69. The zero-order valence-corrected chi connectivity index (χ0v) is 12.3. The molecule has 0 saturated carbocycles. The minimum absolute atomic E-state index is 0.113. The number of nitrogens with one attached hydrogen (secondary N) is 1. The summed E-state index contributed by atoms with van der Waals surface area (Å²) in [6, 6.07) is 0. The molecule has 1 atom stereocenters. The first-order chi connectivity index (χ1) is 8.45. The van der Waals surface area contributed by atoms with E-state index in [4.69, 9.17) is 4.74 Å². The predicted octanol–water partition coefficient (Wildman–Crippen LogP) is 1.51. The van der Waals surface area contributed by atoms with Gasteiger partial charge in [0.15, 0.2) is 0 Å². The number of carbonyl (C=O) groups excluding carboxylic acids is 1. The Morgan fingerprint density at radius 3 is 2.72 bits per heavy atom. The molecule has 4 heteroatoms. The summed E-state index contributed by atoms with van der Waals surface area (Å²) in [6.45, 7) is 11.9. The van der Waals surface area contributed by atoms with Crippen molar-refractivity contribution in [1.29, 1.82) is 0 Å². The number of nitrogens with zero attached hydrogens (tertiary/aromatic N) is 1. The average Bonchev–Trinajstić information content (AvgIpc) is 2.71. The minimum Gasteiger partial charge on any atom is -0.469 e. The van der Waals surface area contributed by atoms with Crippen LogP contribution in [0.3, 0.4) is 0 Å². The van der Waals surface area contributed by atoms with Gasteiger partial charge in [-0.05, 0) is 24.3 Å². The molecule has 1 aliphatic heterocycles. The minimum atomic E-state index is -0.113. The van der Waals surface area contributed by atoms with Gasteiger partial charge in [-0.25, -0.2) is 0 Å². The first kappa shape index (κ1) is 15.4. The molecule has 106 valence electrons. The van der Waals surface area contributed by atoms with Crippen molar-refractivity contribution < 1.29 is 9.53 Å². The van der Waals surface area contributed by atoms with Crippen LogP contribution >= 0.6 is 0 Å². The summed E-state index contributed by atoms with van der Waals surface area (Å²) < 4.78 is 4.72. The van der Waals surface area contributed by atoms with E-state index in [2.05, 4.69) is 31.0 Å². The van der Waals surface area contributed by atoms with E-state index in [0.29, 0.717) is 17.8 Å². The lowest BCUT2D eigenvalue weighted by atomic mass is 9.89. The van der Waals surface area contributed by atoms with Crippen molar-refractivity contribution in [3.63, 3.8) is 0 Å². The van der Waals surface area contributed by atoms with E-state index in [0.717, 1.165) is 32.7 Å². The molecule has 0 bridgehead atoms. The highest BCUT2D eigenvalue weighted by Gasteiger charge is 2.30. The van der Waals surface area contributed by atoms with E-state index in [1.165, 1.54) is 13.5 Å². The van der Waals surface area contributed by atoms with Crippen molar-refractivity contribution in [3.05, 3.63) is 0 Å². The van der Waals surface area contributed by atoms with Crippen LogP contribution in [0.15, 0.2) is 0 Å². The third-order valence-corrected chi connectivity index (χ3v) is 3.55. The standard InChI is InChI=1S/C14H28N2O2/c1-12(2)9-16(8-5-13(17)18-4)11-14(3)6-7-15-10-14/h12,15H,5-11H2,1-4H3. The lowest BCUT2D eigenvalue weighted by molar-refractivity contribution is -0.141. The lowest BCUT2D eigenvalue weighted by Crippen LogP contribution is -2.40. The summed E-state index contributed by atoms with van der Waals surface area (Å²) in [5.74, 6) is 0.513. The van der Waals surface area contributed by atoms with Crippen molar-refractivity contribution in [2.24, 2.45) is 11.3 Å². The average molecular weight is 256 g/mol. The molecule has 1 unspecified atom stereocenters. The Morgan fingerprint density at radius 1 is 1.50 bits per heavy atom. The molecule has 1 rings (SSSR count). The van der Waals surface area contributed by atoms with Crippen LogP contribution in [0.4, 0.5) is 0 Å². The summed E-state index contributed by atoms with van der Waals surface area (Å²) >= 11 is 0. The Bertz CT molecular complexity index is 261. The van der Waals surface area contributed by atoms with Gasteiger partial charge in [0.25, 0.3) is 0 Å². The second-order valence-electron chi connectivity index (χ2n) is 6.19. The van der Waals surface area contributed by atoms with E-state index in [1.54, 1.807) is 0 Å². The maximum absolute atomic E-state index is 11.3. The van der Waals surface area contributed by atoms with Crippen LogP contribution in [0.2, 0.25) is 0 Å². The van der Waals surface area contributed by atoms with Crippen molar-refractivity contribution in [1.82, 2.24) is 10.2 Å². The van der Waals surface area contributed by atoms with E-state index < -0.39 is 0 Å². The van der Waals surface area contributed by atoms with Crippen LogP contribution in [0.1, 0.15) is 33.6 Å². The molecule has 1 N–H and O–H groups in total. The Balaban J connectivity index is 2.46. The first-order valence-corrected chi connectivity index (χ1v) is 6.95. The number of ether oxygens (including phenoxy) is 1. The largest absolute Gasteiger partial charge is 0.469 e. The van der Waals surface area contributed by atoms with E-state index in [9.17, 15) is 4.79 Å². The van der Waals surface area contributed by atoms with Crippen LogP contribution < -0.4 is 5.32 Å². The molecule has 0 spiro atoms. The van der Waals surface area contributed by atoms with Crippen LogP contribution in [0.25, 0.3) is 0 Å². The Morgan fingerprint density at radius 2 is 2.22 bits per heavy atom. The summed E-state index contributed by atoms with van der Waals surface area (Å²) in [4.78, 5) is 13.7. The van der Waals surface area contributed by atoms with Crippen molar-refractivity contribution in [2.45, 2.75) is 33.6 Å². The number of rotatable bonds is 7. The summed E-state index contributed by atoms with van der Waals surface area (Å²) in [7, 11) is 1.46. The van der Waals surface area contributed by atoms with Gasteiger partial charge in [-0.1, -0.05) is 20.8 Å². The lowest BCUT2D eigenvalue weighted by Gasteiger charge is -2.32. The monoisotopic (exact) mass is 256 g/mol. The molecule has 4 nitrogen and oxygen atoms in total. The number of hydrogen-bond donors (Lipinski definition) is 1. The fourth-order valence-corrected chi connectivity index (χ4v) is 2.65. The fourth-order valence-electron chi connectivity index (χ4n) is 2.65.